The van der Waals surface area contributed by atoms with E-state index in [-0.39, 0.29) is 25.2 Å². The first kappa shape index (κ1) is 26.4. The first-order valence-corrected chi connectivity index (χ1v) is 11.6. The fraction of sp³-hybridized carbons (Fsp3) is 0.167. The van der Waals surface area contributed by atoms with Crippen molar-refractivity contribution in [2.24, 2.45) is 0 Å². The molecule has 0 aliphatic carbocycles. The summed E-state index contributed by atoms with van der Waals surface area (Å²) < 4.78 is 40.6. The summed E-state index contributed by atoms with van der Waals surface area (Å²) in [5, 5.41) is 8.38. The number of urea groups is 2. The third-order valence-electron chi connectivity index (χ3n) is 4.75. The molecule has 0 unspecified atom stereocenters. The van der Waals surface area contributed by atoms with Gasteiger partial charge < -0.3 is 16.0 Å². The van der Waals surface area contributed by atoms with Gasteiger partial charge in [0.05, 0.1) is 5.56 Å². The summed E-state index contributed by atoms with van der Waals surface area (Å²) in [7, 11) is 0. The Hall–Kier alpha value is -3.24. The second-order valence-corrected chi connectivity index (χ2v) is 8.73. The maximum absolute atomic E-state index is 13.2. The smallest absolute Gasteiger partial charge is 0.338 e. The number of alkyl halides is 3. The van der Waals surface area contributed by atoms with Crippen LogP contribution in [0, 0.1) is 0 Å². The van der Waals surface area contributed by atoms with Gasteiger partial charge in [-0.15, -0.1) is 0 Å². The molecule has 4 amide bonds. The minimum Gasteiger partial charge on any atom is -0.338 e. The molecule has 0 saturated carbocycles. The van der Waals surface area contributed by atoms with Crippen LogP contribution < -0.4 is 20.9 Å². The van der Waals surface area contributed by atoms with E-state index in [1.165, 1.54) is 23.1 Å². The van der Waals surface area contributed by atoms with Crippen molar-refractivity contribution in [2.45, 2.75) is 12.6 Å². The maximum atomic E-state index is 13.2. The van der Waals surface area contributed by atoms with Gasteiger partial charge in [-0.3, -0.25) is 4.90 Å². The van der Waals surface area contributed by atoms with Gasteiger partial charge in [0.25, 0.3) is 0 Å². The van der Waals surface area contributed by atoms with E-state index in [1.807, 2.05) is 0 Å². The van der Waals surface area contributed by atoms with Gasteiger partial charge >= 0.3 is 18.2 Å². The quantitative estimate of drug-likeness (QED) is 0.260. The second-order valence-electron chi connectivity index (χ2n) is 7.38. The average molecular weight is 570 g/mol. The summed E-state index contributed by atoms with van der Waals surface area (Å²) in [6.45, 7) is 0.231. The number of carbonyl (C=O) groups is 2. The number of nitrogens with zero attached hydrogens (tertiary/aromatic N) is 1. The molecule has 0 aromatic heterocycles. The standard InChI is InChI=1S/C24H21BrClF3N4O2/c25-17-8-10-19(11-9-17)31-22(34)30-12-3-13-33(21-7-1-4-16(14-21)24(27,28)29)23(35)32-20-6-2-5-18(26)15-20/h1-2,4-11,14-15H,3,12-13H2,(H,32,35)(H2,30,31,34). The van der Waals surface area contributed by atoms with Crippen LogP contribution in [-0.4, -0.2) is 25.2 Å². The Morgan fingerprint density at radius 1 is 0.914 bits per heavy atom. The number of rotatable bonds is 7. The second kappa shape index (κ2) is 11.9. The van der Waals surface area contributed by atoms with Gasteiger partial charge in [-0.25, -0.2) is 9.59 Å². The van der Waals surface area contributed by atoms with Crippen LogP contribution in [0.4, 0.5) is 39.8 Å². The molecule has 11 heteroatoms. The largest absolute Gasteiger partial charge is 0.416 e. The zero-order valence-corrected chi connectivity index (χ0v) is 20.5. The molecule has 0 radical (unpaired) electrons. The average Bonchev–Trinajstić information content (AvgIpc) is 2.80. The Morgan fingerprint density at radius 2 is 1.63 bits per heavy atom. The topological polar surface area (TPSA) is 73.5 Å². The van der Waals surface area contributed by atoms with Crippen LogP contribution in [0.15, 0.2) is 77.3 Å². The van der Waals surface area contributed by atoms with E-state index in [4.69, 9.17) is 11.6 Å². The number of nitrogens with one attached hydrogen (secondary N) is 3. The van der Waals surface area contributed by atoms with Crippen LogP contribution in [0.2, 0.25) is 5.02 Å². The zero-order chi connectivity index (χ0) is 25.4. The lowest BCUT2D eigenvalue weighted by molar-refractivity contribution is -0.137. The lowest BCUT2D eigenvalue weighted by Gasteiger charge is -2.24. The Balaban J connectivity index is 1.66. The number of carbonyl (C=O) groups excluding carboxylic acids is 2. The van der Waals surface area contributed by atoms with E-state index in [9.17, 15) is 22.8 Å². The monoisotopic (exact) mass is 568 g/mol. The van der Waals surface area contributed by atoms with Crippen molar-refractivity contribution in [2.75, 3.05) is 28.6 Å². The summed E-state index contributed by atoms with van der Waals surface area (Å²) in [5.41, 5.74) is 0.185. The van der Waals surface area contributed by atoms with Gasteiger partial charge in [0, 0.05) is 39.6 Å². The van der Waals surface area contributed by atoms with Crippen LogP contribution in [-0.2, 0) is 6.18 Å². The fourth-order valence-corrected chi connectivity index (χ4v) is 3.56. The van der Waals surface area contributed by atoms with Crippen molar-refractivity contribution in [1.29, 1.82) is 0 Å². The third-order valence-corrected chi connectivity index (χ3v) is 5.52. The molecule has 0 aliphatic rings. The molecule has 0 heterocycles. The molecule has 35 heavy (non-hydrogen) atoms. The van der Waals surface area contributed by atoms with E-state index in [0.717, 1.165) is 16.6 Å². The number of amides is 4. The zero-order valence-electron chi connectivity index (χ0n) is 18.2. The lowest BCUT2D eigenvalue weighted by atomic mass is 10.1. The van der Waals surface area contributed by atoms with Gasteiger partial charge in [0.15, 0.2) is 0 Å². The van der Waals surface area contributed by atoms with Gasteiger partial charge in [-0.05, 0) is 67.1 Å². The number of anilines is 3. The van der Waals surface area contributed by atoms with Crippen LogP contribution in [0.1, 0.15) is 12.0 Å². The highest BCUT2D eigenvalue weighted by Crippen LogP contribution is 2.32. The molecule has 3 N–H and O–H groups in total. The molecule has 3 aromatic carbocycles. The molecule has 3 rings (SSSR count). The summed E-state index contributed by atoms with van der Waals surface area (Å²) >= 11 is 9.27. The normalized spacial score (nSPS) is 11.0. The highest BCUT2D eigenvalue weighted by molar-refractivity contribution is 9.10. The van der Waals surface area contributed by atoms with Gasteiger partial charge in [-0.2, -0.15) is 13.2 Å². The number of hydrogen-bond acceptors (Lipinski definition) is 2. The molecular weight excluding hydrogens is 549 g/mol. The molecular formula is C24H21BrClF3N4O2. The Bertz CT molecular complexity index is 1180. The molecule has 0 saturated heterocycles. The van der Waals surface area contributed by atoms with E-state index < -0.39 is 23.8 Å². The van der Waals surface area contributed by atoms with Crippen LogP contribution in [0.25, 0.3) is 0 Å². The number of benzene rings is 3. The number of halogens is 5. The molecule has 184 valence electrons. The molecule has 0 bridgehead atoms. The predicted molar refractivity (Wildman–Crippen MR) is 135 cm³/mol. The minimum atomic E-state index is -4.56. The summed E-state index contributed by atoms with van der Waals surface area (Å²) in [5.74, 6) is 0. The Morgan fingerprint density at radius 3 is 2.31 bits per heavy atom. The van der Waals surface area contributed by atoms with E-state index >= 15 is 0 Å². The molecule has 0 fully saturated rings. The van der Waals surface area contributed by atoms with Crippen LogP contribution in [0.3, 0.4) is 0 Å². The SMILES string of the molecule is O=C(NCCCN(C(=O)Nc1cccc(Cl)c1)c1cccc(C(F)(F)F)c1)Nc1ccc(Br)cc1. The molecule has 0 spiro atoms. The van der Waals surface area contributed by atoms with Crippen molar-refractivity contribution in [1.82, 2.24) is 5.32 Å². The van der Waals surface area contributed by atoms with E-state index in [2.05, 4.69) is 31.9 Å². The van der Waals surface area contributed by atoms with Gasteiger partial charge in [0.1, 0.15) is 0 Å². The molecule has 0 aliphatic heterocycles. The summed E-state index contributed by atoms with van der Waals surface area (Å²) in [6, 6.07) is 16.8. The number of hydrogen-bond donors (Lipinski definition) is 3. The van der Waals surface area contributed by atoms with Gasteiger partial charge in [0.2, 0.25) is 0 Å². The highest BCUT2D eigenvalue weighted by Gasteiger charge is 2.31. The molecule has 6 nitrogen and oxygen atoms in total. The Labute approximate surface area is 213 Å². The first-order chi connectivity index (χ1) is 16.6. The van der Waals surface area contributed by atoms with Crippen LogP contribution in [0.5, 0.6) is 0 Å². The van der Waals surface area contributed by atoms with Crippen molar-refractivity contribution in [3.8, 4) is 0 Å². The Kier molecular flexibility index (Phi) is 9.00. The van der Waals surface area contributed by atoms with Crippen molar-refractivity contribution in [3.05, 3.63) is 87.9 Å². The van der Waals surface area contributed by atoms with Crippen molar-refractivity contribution in [3.63, 3.8) is 0 Å². The van der Waals surface area contributed by atoms with E-state index in [0.29, 0.717) is 16.4 Å². The van der Waals surface area contributed by atoms with Crippen LogP contribution >= 0.6 is 27.5 Å². The van der Waals surface area contributed by atoms with Gasteiger partial charge in [-0.1, -0.05) is 39.7 Å². The summed E-state index contributed by atoms with van der Waals surface area (Å²) in [4.78, 5) is 26.3. The van der Waals surface area contributed by atoms with E-state index in [1.54, 1.807) is 42.5 Å². The maximum Gasteiger partial charge on any atom is 0.416 e. The molecule has 0 atom stereocenters. The molecule has 3 aromatic rings. The predicted octanol–water partition coefficient (Wildman–Crippen LogP) is 7.37. The summed E-state index contributed by atoms with van der Waals surface area (Å²) in [6.07, 6.45) is -4.27. The highest BCUT2D eigenvalue weighted by atomic mass is 79.9. The first-order valence-electron chi connectivity index (χ1n) is 10.4. The minimum absolute atomic E-state index is 0.0479. The third kappa shape index (κ3) is 8.18. The fourth-order valence-electron chi connectivity index (χ4n) is 3.10. The van der Waals surface area contributed by atoms with Crippen molar-refractivity contribution < 1.29 is 22.8 Å². The van der Waals surface area contributed by atoms with Crippen molar-refractivity contribution >= 4 is 56.7 Å². The lowest BCUT2D eigenvalue weighted by Crippen LogP contribution is -2.38.